The molecule has 0 atom stereocenters. The maximum Gasteiger partial charge on any atom is 0.309 e. The number of benzene rings is 1. The molecule has 3 aromatic heterocycles. The molecule has 0 saturated heterocycles. The summed E-state index contributed by atoms with van der Waals surface area (Å²) in [6, 6.07) is 24.2. The standard InChI is InChI=1S/C29H22N4O2/c1-35-29(34)12-18-3-2-4-19(11-18)27-16-26-15-24-8-7-22(31-24)13-20-5-6-21(30-20)14-23-9-10-25(32-23)17-28(27)33-26/h2-11,13-17,30-31H,12H2,1H3. The zero-order chi connectivity index (χ0) is 23.8. The summed E-state index contributed by atoms with van der Waals surface area (Å²) in [6.45, 7) is 0. The van der Waals surface area contributed by atoms with Crippen LogP contribution in [-0.2, 0) is 16.0 Å². The van der Waals surface area contributed by atoms with Crippen LogP contribution in [-0.4, -0.2) is 33.0 Å². The molecule has 2 aliphatic rings. The number of ether oxygens (including phenoxy) is 1. The molecule has 2 N–H and O–H groups in total. The van der Waals surface area contributed by atoms with Crippen LogP contribution in [0.4, 0.5) is 0 Å². The molecule has 8 bridgehead atoms. The molecule has 0 unspecified atom stereocenters. The van der Waals surface area contributed by atoms with E-state index in [2.05, 4.69) is 28.2 Å². The molecule has 0 spiro atoms. The molecule has 0 aliphatic carbocycles. The fourth-order valence-corrected chi connectivity index (χ4v) is 4.33. The number of esters is 1. The van der Waals surface area contributed by atoms with Crippen LogP contribution < -0.4 is 0 Å². The first kappa shape index (κ1) is 20.9. The molecular formula is C29H22N4O2. The van der Waals surface area contributed by atoms with Gasteiger partial charge in [-0.25, -0.2) is 9.97 Å². The molecule has 0 radical (unpaired) electrons. The number of H-pyrrole nitrogens is 2. The van der Waals surface area contributed by atoms with Gasteiger partial charge in [0, 0.05) is 27.6 Å². The molecule has 5 heterocycles. The molecule has 1 aromatic carbocycles. The van der Waals surface area contributed by atoms with Crippen LogP contribution >= 0.6 is 0 Å². The van der Waals surface area contributed by atoms with Crippen LogP contribution in [0, 0.1) is 0 Å². The Balaban J connectivity index is 1.55. The highest BCUT2D eigenvalue weighted by atomic mass is 16.5. The minimum atomic E-state index is -0.265. The van der Waals surface area contributed by atoms with Crippen molar-refractivity contribution in [2.24, 2.45) is 0 Å². The Morgan fingerprint density at radius 2 is 1.43 bits per heavy atom. The normalized spacial score (nSPS) is 12.4. The van der Waals surface area contributed by atoms with E-state index in [4.69, 9.17) is 14.7 Å². The first-order chi connectivity index (χ1) is 17.1. The molecule has 6 heteroatoms. The third-order valence-electron chi connectivity index (χ3n) is 5.98. The average Bonchev–Trinajstić information content (AvgIpc) is 3.64. The molecule has 2 aliphatic heterocycles. The number of nitrogens with one attached hydrogen (secondary N) is 2. The van der Waals surface area contributed by atoms with Gasteiger partial charge in [-0.05, 0) is 77.9 Å². The molecule has 35 heavy (non-hydrogen) atoms. The second-order valence-corrected chi connectivity index (χ2v) is 8.54. The minimum Gasteiger partial charge on any atom is -0.469 e. The second-order valence-electron chi connectivity index (χ2n) is 8.54. The van der Waals surface area contributed by atoms with E-state index in [0.29, 0.717) is 0 Å². The smallest absolute Gasteiger partial charge is 0.309 e. The van der Waals surface area contributed by atoms with E-state index in [1.54, 1.807) is 0 Å². The van der Waals surface area contributed by atoms with E-state index < -0.39 is 0 Å². The van der Waals surface area contributed by atoms with Crippen molar-refractivity contribution in [3.63, 3.8) is 0 Å². The summed E-state index contributed by atoms with van der Waals surface area (Å²) in [5, 5.41) is 0. The Bertz CT molecular complexity index is 1690. The highest BCUT2D eigenvalue weighted by Crippen LogP contribution is 2.30. The number of aromatic nitrogens is 4. The number of hydrogen-bond donors (Lipinski definition) is 2. The minimum absolute atomic E-state index is 0.224. The van der Waals surface area contributed by atoms with Crippen molar-refractivity contribution in [3.8, 4) is 0 Å². The molecule has 0 fully saturated rings. The predicted molar refractivity (Wildman–Crippen MR) is 139 cm³/mol. The highest BCUT2D eigenvalue weighted by molar-refractivity contribution is 5.93. The molecule has 6 rings (SSSR count). The largest absolute Gasteiger partial charge is 0.469 e. The maximum atomic E-state index is 11.8. The summed E-state index contributed by atoms with van der Waals surface area (Å²) < 4.78 is 4.84. The van der Waals surface area contributed by atoms with Gasteiger partial charge in [0.05, 0.1) is 36.3 Å². The van der Waals surface area contributed by atoms with Crippen LogP contribution in [0.5, 0.6) is 0 Å². The number of hydrogen-bond acceptors (Lipinski definition) is 4. The van der Waals surface area contributed by atoms with Gasteiger partial charge in [0.25, 0.3) is 0 Å². The molecular weight excluding hydrogens is 436 g/mol. The lowest BCUT2D eigenvalue weighted by Crippen LogP contribution is -2.04. The third kappa shape index (κ3) is 4.42. The van der Waals surface area contributed by atoms with Gasteiger partial charge in [-0.3, -0.25) is 4.79 Å². The van der Waals surface area contributed by atoms with Crippen molar-refractivity contribution in [2.75, 3.05) is 7.11 Å². The summed E-state index contributed by atoms with van der Waals surface area (Å²) in [7, 11) is 1.40. The van der Waals surface area contributed by atoms with Crippen molar-refractivity contribution in [2.45, 2.75) is 6.42 Å². The number of fused-ring (bicyclic) bond motifs is 8. The van der Waals surface area contributed by atoms with Crippen LogP contribution in [0.2, 0.25) is 0 Å². The van der Waals surface area contributed by atoms with Crippen molar-refractivity contribution in [3.05, 3.63) is 107 Å². The van der Waals surface area contributed by atoms with E-state index in [1.165, 1.54) is 7.11 Å². The highest BCUT2D eigenvalue weighted by Gasteiger charge is 2.15. The Morgan fingerprint density at radius 3 is 2.14 bits per heavy atom. The SMILES string of the molecule is COC(=O)Cc1cccc(C2=Cc3cc4ccc(cc5ccc(cc6nc(cc2n3)C=C6)[nH]5)[nH]4)c1. The van der Waals surface area contributed by atoms with Gasteiger partial charge in [0.15, 0.2) is 0 Å². The summed E-state index contributed by atoms with van der Waals surface area (Å²) >= 11 is 0. The molecule has 0 saturated carbocycles. The zero-order valence-corrected chi connectivity index (χ0v) is 19.1. The number of rotatable bonds is 3. The molecule has 170 valence electrons. The quantitative estimate of drug-likeness (QED) is 0.329. The van der Waals surface area contributed by atoms with Crippen LogP contribution in [0.25, 0.3) is 45.9 Å². The lowest BCUT2D eigenvalue weighted by Gasteiger charge is -2.06. The van der Waals surface area contributed by atoms with Crippen LogP contribution in [0.15, 0.2) is 72.8 Å². The summed E-state index contributed by atoms with van der Waals surface area (Å²) in [6.07, 6.45) is 6.28. The zero-order valence-electron chi connectivity index (χ0n) is 19.1. The Labute approximate surface area is 201 Å². The molecule has 0 amide bonds. The van der Waals surface area contributed by atoms with Gasteiger partial charge in [-0.2, -0.15) is 0 Å². The van der Waals surface area contributed by atoms with Crippen molar-refractivity contribution in [1.29, 1.82) is 0 Å². The Kier molecular flexibility index (Phi) is 5.11. The number of carbonyl (C=O) groups is 1. The molecule has 4 aromatic rings. The van der Waals surface area contributed by atoms with Crippen molar-refractivity contribution in [1.82, 2.24) is 19.9 Å². The monoisotopic (exact) mass is 458 g/mol. The maximum absolute atomic E-state index is 11.8. The van der Waals surface area contributed by atoms with Gasteiger partial charge in [0.2, 0.25) is 0 Å². The van der Waals surface area contributed by atoms with E-state index >= 15 is 0 Å². The topological polar surface area (TPSA) is 83.7 Å². The first-order valence-electron chi connectivity index (χ1n) is 11.4. The number of carbonyl (C=O) groups excluding carboxylic acids is 1. The summed E-state index contributed by atoms with van der Waals surface area (Å²) in [4.78, 5) is 28.3. The second kappa shape index (κ2) is 8.57. The van der Waals surface area contributed by atoms with E-state index in [1.807, 2.05) is 72.8 Å². The fraction of sp³-hybridized carbons (Fsp3) is 0.0690. The van der Waals surface area contributed by atoms with E-state index in [0.717, 1.165) is 61.5 Å². The van der Waals surface area contributed by atoms with Gasteiger partial charge in [-0.15, -0.1) is 0 Å². The third-order valence-corrected chi connectivity index (χ3v) is 5.98. The number of nitrogens with zero attached hydrogens (tertiary/aromatic N) is 2. The first-order valence-corrected chi connectivity index (χ1v) is 11.4. The van der Waals surface area contributed by atoms with Crippen molar-refractivity contribution < 1.29 is 9.53 Å². The Morgan fingerprint density at radius 1 is 0.771 bits per heavy atom. The lowest BCUT2D eigenvalue weighted by molar-refractivity contribution is -0.139. The molecule has 6 nitrogen and oxygen atoms in total. The predicted octanol–water partition coefficient (Wildman–Crippen LogP) is 5.79. The van der Waals surface area contributed by atoms with Crippen molar-refractivity contribution >= 4 is 51.8 Å². The summed E-state index contributed by atoms with van der Waals surface area (Å²) in [5.41, 5.74) is 10.2. The average molecular weight is 459 g/mol. The fourth-order valence-electron chi connectivity index (χ4n) is 4.33. The van der Waals surface area contributed by atoms with E-state index in [-0.39, 0.29) is 12.4 Å². The van der Waals surface area contributed by atoms with Crippen LogP contribution in [0.1, 0.15) is 33.9 Å². The van der Waals surface area contributed by atoms with E-state index in [9.17, 15) is 4.79 Å². The number of methoxy groups -OCH3 is 1. The van der Waals surface area contributed by atoms with Gasteiger partial charge in [-0.1, -0.05) is 24.3 Å². The van der Waals surface area contributed by atoms with Crippen LogP contribution in [0.3, 0.4) is 0 Å². The van der Waals surface area contributed by atoms with Gasteiger partial charge in [0.1, 0.15) is 0 Å². The van der Waals surface area contributed by atoms with Gasteiger partial charge >= 0.3 is 5.97 Å². The Hall–Kier alpha value is -4.71. The van der Waals surface area contributed by atoms with Gasteiger partial charge < -0.3 is 14.7 Å². The number of aromatic amines is 2. The summed E-state index contributed by atoms with van der Waals surface area (Å²) in [5.74, 6) is -0.265. The lowest BCUT2D eigenvalue weighted by atomic mass is 9.99.